The Labute approximate surface area is 424 Å². The first-order valence-electron chi connectivity index (χ1n) is 30.2. The highest BCUT2D eigenvalue weighted by Gasteiger charge is 2.20. The lowest BCUT2D eigenvalue weighted by Crippen LogP contribution is -2.45. The van der Waals surface area contributed by atoms with E-state index in [2.05, 4.69) is 55.6 Å². The quantitative estimate of drug-likeness (QED) is 0.0321. The number of amides is 1. The molecule has 0 spiro atoms. The highest BCUT2D eigenvalue weighted by atomic mass is 16.5. The number of aliphatic hydroxyl groups is 2. The molecule has 0 saturated heterocycles. The summed E-state index contributed by atoms with van der Waals surface area (Å²) >= 11 is 0. The first-order valence-corrected chi connectivity index (χ1v) is 30.2. The molecule has 0 rings (SSSR count). The molecule has 0 aromatic carbocycles. The molecule has 0 saturated carbocycles. The number of hydrogen-bond acceptors (Lipinski definition) is 5. The molecule has 0 aliphatic heterocycles. The van der Waals surface area contributed by atoms with Crippen LogP contribution in [0.4, 0.5) is 0 Å². The third-order valence-corrected chi connectivity index (χ3v) is 13.9. The van der Waals surface area contributed by atoms with Gasteiger partial charge < -0.3 is 20.3 Å². The van der Waals surface area contributed by atoms with Gasteiger partial charge in [0.1, 0.15) is 0 Å². The van der Waals surface area contributed by atoms with E-state index in [4.69, 9.17) is 4.74 Å². The smallest absolute Gasteiger partial charge is 0.305 e. The number of hydrogen-bond donors (Lipinski definition) is 3. The van der Waals surface area contributed by atoms with E-state index in [0.717, 1.165) is 51.4 Å². The summed E-state index contributed by atoms with van der Waals surface area (Å²) in [4.78, 5) is 24.5. The molecule has 400 valence electrons. The zero-order valence-electron chi connectivity index (χ0n) is 45.6. The van der Waals surface area contributed by atoms with Crippen LogP contribution in [0.25, 0.3) is 0 Å². The second-order valence-corrected chi connectivity index (χ2v) is 20.7. The van der Waals surface area contributed by atoms with Crippen LogP contribution in [0.2, 0.25) is 0 Å². The van der Waals surface area contributed by atoms with E-state index >= 15 is 0 Å². The average molecular weight is 957 g/mol. The maximum Gasteiger partial charge on any atom is 0.305 e. The molecule has 0 aliphatic carbocycles. The van der Waals surface area contributed by atoms with Gasteiger partial charge >= 0.3 is 5.97 Å². The largest absolute Gasteiger partial charge is 0.466 e. The lowest BCUT2D eigenvalue weighted by molar-refractivity contribution is -0.143. The second-order valence-electron chi connectivity index (χ2n) is 20.7. The number of allylic oxidation sites excluding steroid dienone is 6. The molecule has 1 amide bonds. The fraction of sp³-hybridized carbons (Fsp3) is 0.871. The molecule has 0 bridgehead atoms. The van der Waals surface area contributed by atoms with Gasteiger partial charge in [-0.25, -0.2) is 0 Å². The van der Waals surface area contributed by atoms with Gasteiger partial charge in [-0.3, -0.25) is 9.59 Å². The Morgan fingerprint density at radius 3 is 1.15 bits per heavy atom. The summed E-state index contributed by atoms with van der Waals surface area (Å²) < 4.78 is 5.49. The van der Waals surface area contributed by atoms with Crippen LogP contribution in [0.1, 0.15) is 322 Å². The molecular weight excluding hydrogens is 839 g/mol. The van der Waals surface area contributed by atoms with Crippen LogP contribution in [-0.2, 0) is 14.3 Å². The molecule has 6 heteroatoms. The van der Waals surface area contributed by atoms with E-state index < -0.39 is 12.1 Å². The SMILES string of the molecule is CCCCCC/C=C\C/C=C\CCCCCCCCCC(=O)OCCCCCCCCCCCCC/C=C\CCCCCCCCCC(=O)NC(CO)C(O)CCCCCCCCCCCCC. The zero-order valence-corrected chi connectivity index (χ0v) is 45.6. The first kappa shape index (κ1) is 66.1. The van der Waals surface area contributed by atoms with Crippen molar-refractivity contribution >= 4 is 11.9 Å². The first-order chi connectivity index (χ1) is 33.5. The monoisotopic (exact) mass is 956 g/mol. The Balaban J connectivity index is 3.40. The summed E-state index contributed by atoms with van der Waals surface area (Å²) in [6.07, 6.45) is 71.5. The summed E-state index contributed by atoms with van der Waals surface area (Å²) in [5.74, 6) is -0.0404. The maximum atomic E-state index is 12.4. The van der Waals surface area contributed by atoms with Gasteiger partial charge in [0.2, 0.25) is 5.91 Å². The Kier molecular flexibility index (Phi) is 56.0. The van der Waals surface area contributed by atoms with Gasteiger partial charge in [-0.1, -0.05) is 262 Å². The van der Waals surface area contributed by atoms with Gasteiger partial charge in [-0.15, -0.1) is 0 Å². The van der Waals surface area contributed by atoms with Crippen LogP contribution in [0, 0.1) is 0 Å². The van der Waals surface area contributed by atoms with Crippen molar-refractivity contribution < 1.29 is 24.5 Å². The van der Waals surface area contributed by atoms with Crippen molar-refractivity contribution in [1.29, 1.82) is 0 Å². The minimum atomic E-state index is -0.667. The van der Waals surface area contributed by atoms with E-state index in [1.165, 1.54) is 238 Å². The molecule has 68 heavy (non-hydrogen) atoms. The van der Waals surface area contributed by atoms with Crippen LogP contribution < -0.4 is 5.32 Å². The van der Waals surface area contributed by atoms with Crippen molar-refractivity contribution in [1.82, 2.24) is 5.32 Å². The topological polar surface area (TPSA) is 95.9 Å². The number of unbranched alkanes of at least 4 members (excludes halogenated alkanes) is 39. The highest BCUT2D eigenvalue weighted by molar-refractivity contribution is 5.76. The summed E-state index contributed by atoms with van der Waals surface area (Å²) in [6, 6.07) is -0.545. The van der Waals surface area contributed by atoms with E-state index in [9.17, 15) is 19.8 Å². The summed E-state index contributed by atoms with van der Waals surface area (Å²) in [7, 11) is 0. The summed E-state index contributed by atoms with van der Waals surface area (Å²) in [5.41, 5.74) is 0. The van der Waals surface area contributed by atoms with Crippen molar-refractivity contribution in [3.05, 3.63) is 36.5 Å². The minimum absolute atomic E-state index is 0.00251. The van der Waals surface area contributed by atoms with Gasteiger partial charge in [0, 0.05) is 12.8 Å². The number of carbonyl (C=O) groups excluding carboxylic acids is 2. The molecular formula is C62H117NO5. The number of nitrogens with one attached hydrogen (secondary N) is 1. The molecule has 0 aromatic rings. The Morgan fingerprint density at radius 1 is 0.412 bits per heavy atom. The maximum absolute atomic E-state index is 12.4. The number of rotatable bonds is 56. The summed E-state index contributed by atoms with van der Waals surface area (Å²) in [5, 5.41) is 23.2. The Bertz CT molecular complexity index is 1100. The van der Waals surface area contributed by atoms with E-state index in [1.807, 2.05) is 0 Å². The number of carbonyl (C=O) groups is 2. The van der Waals surface area contributed by atoms with Gasteiger partial charge in [0.05, 0.1) is 25.4 Å². The lowest BCUT2D eigenvalue weighted by atomic mass is 10.0. The van der Waals surface area contributed by atoms with Crippen molar-refractivity contribution in [3.8, 4) is 0 Å². The Morgan fingerprint density at radius 2 is 0.735 bits per heavy atom. The standard InChI is InChI=1S/C62H117NO5/c1-3-5-7-9-11-13-15-16-17-18-26-29-32-36-40-44-48-52-56-62(67)68-57-53-49-45-41-37-33-30-27-24-22-20-19-21-23-25-28-31-35-39-43-47-51-55-61(66)63-59(58-64)60(65)54-50-46-42-38-34-14-12-10-8-6-4-2/h13,15,17-18,21,23,59-60,64-65H,3-12,14,16,19-20,22,24-58H2,1-2H3,(H,63,66)/b15-13-,18-17-,23-21-. The zero-order chi connectivity index (χ0) is 49.3. The molecule has 0 aliphatic rings. The molecule has 0 heterocycles. The number of ether oxygens (including phenoxy) is 1. The number of esters is 1. The summed E-state index contributed by atoms with van der Waals surface area (Å²) in [6.45, 7) is 4.93. The van der Waals surface area contributed by atoms with Crippen LogP contribution in [-0.4, -0.2) is 47.4 Å². The molecule has 2 atom stereocenters. The normalized spacial score (nSPS) is 12.8. The van der Waals surface area contributed by atoms with Crippen molar-refractivity contribution in [2.75, 3.05) is 13.2 Å². The predicted molar refractivity (Wildman–Crippen MR) is 296 cm³/mol. The molecule has 3 N–H and O–H groups in total. The third-order valence-electron chi connectivity index (χ3n) is 13.9. The lowest BCUT2D eigenvalue weighted by Gasteiger charge is -2.22. The van der Waals surface area contributed by atoms with Crippen LogP contribution >= 0.6 is 0 Å². The van der Waals surface area contributed by atoms with Crippen molar-refractivity contribution in [2.45, 2.75) is 334 Å². The van der Waals surface area contributed by atoms with Gasteiger partial charge in [0.15, 0.2) is 0 Å². The minimum Gasteiger partial charge on any atom is -0.466 e. The molecule has 6 nitrogen and oxygen atoms in total. The third kappa shape index (κ3) is 53.4. The number of aliphatic hydroxyl groups excluding tert-OH is 2. The predicted octanol–water partition coefficient (Wildman–Crippen LogP) is 18.8. The fourth-order valence-corrected chi connectivity index (χ4v) is 9.25. The van der Waals surface area contributed by atoms with E-state index in [-0.39, 0.29) is 18.5 Å². The molecule has 0 aromatic heterocycles. The molecule has 0 fully saturated rings. The van der Waals surface area contributed by atoms with Crippen LogP contribution in [0.15, 0.2) is 36.5 Å². The van der Waals surface area contributed by atoms with Crippen molar-refractivity contribution in [3.63, 3.8) is 0 Å². The van der Waals surface area contributed by atoms with Gasteiger partial charge in [-0.2, -0.15) is 0 Å². The van der Waals surface area contributed by atoms with Crippen LogP contribution in [0.5, 0.6) is 0 Å². The van der Waals surface area contributed by atoms with Gasteiger partial charge in [-0.05, 0) is 83.5 Å². The molecule has 0 radical (unpaired) electrons. The van der Waals surface area contributed by atoms with E-state index in [0.29, 0.717) is 25.9 Å². The van der Waals surface area contributed by atoms with Gasteiger partial charge in [0.25, 0.3) is 0 Å². The van der Waals surface area contributed by atoms with Crippen LogP contribution in [0.3, 0.4) is 0 Å². The fourth-order valence-electron chi connectivity index (χ4n) is 9.25. The second kappa shape index (κ2) is 57.7. The highest BCUT2D eigenvalue weighted by Crippen LogP contribution is 2.17. The Hall–Kier alpha value is -1.92. The van der Waals surface area contributed by atoms with E-state index in [1.54, 1.807) is 0 Å². The average Bonchev–Trinajstić information content (AvgIpc) is 3.34. The van der Waals surface area contributed by atoms with Crippen molar-refractivity contribution in [2.24, 2.45) is 0 Å². The molecule has 2 unspecified atom stereocenters.